The average molecular weight is 301 g/mol. The summed E-state index contributed by atoms with van der Waals surface area (Å²) in [7, 11) is 0. The number of esters is 1. The molecule has 1 aliphatic rings. The molecule has 108 valence electrons. The van der Waals surface area contributed by atoms with Gasteiger partial charge in [-0.2, -0.15) is 0 Å². The number of ether oxygens (including phenoxy) is 2. The number of thiophene rings is 1. The fourth-order valence-electron chi connectivity index (χ4n) is 2.20. The molecule has 1 aromatic carbocycles. The van der Waals surface area contributed by atoms with Gasteiger partial charge >= 0.3 is 5.97 Å². The van der Waals surface area contributed by atoms with Crippen LogP contribution in [0.15, 0.2) is 52.8 Å². The Hall–Kier alpha value is -2.14. The highest BCUT2D eigenvalue weighted by molar-refractivity contribution is 7.10. The van der Waals surface area contributed by atoms with E-state index in [-0.39, 0.29) is 5.97 Å². The lowest BCUT2D eigenvalue weighted by Crippen LogP contribution is -2.25. The lowest BCUT2D eigenvalue weighted by Gasteiger charge is -2.15. The molecule has 0 bridgehead atoms. The van der Waals surface area contributed by atoms with E-state index in [1.807, 2.05) is 47.8 Å². The van der Waals surface area contributed by atoms with Crippen LogP contribution in [-0.2, 0) is 14.3 Å². The SMILES string of the molecule is CCOC(=O)C1N=C(c2ccccc2)OC1c1cccs1. The summed E-state index contributed by atoms with van der Waals surface area (Å²) in [4.78, 5) is 17.5. The minimum atomic E-state index is -0.640. The second kappa shape index (κ2) is 6.10. The van der Waals surface area contributed by atoms with E-state index < -0.39 is 12.1 Å². The first-order valence-electron chi connectivity index (χ1n) is 6.79. The van der Waals surface area contributed by atoms with Crippen molar-refractivity contribution in [1.29, 1.82) is 0 Å². The Kier molecular flexibility index (Phi) is 4.01. The lowest BCUT2D eigenvalue weighted by molar-refractivity contribution is -0.146. The lowest BCUT2D eigenvalue weighted by atomic mass is 10.1. The van der Waals surface area contributed by atoms with Crippen LogP contribution in [0, 0.1) is 0 Å². The molecule has 1 aliphatic heterocycles. The van der Waals surface area contributed by atoms with Crippen molar-refractivity contribution in [2.45, 2.75) is 19.1 Å². The van der Waals surface area contributed by atoms with Crippen molar-refractivity contribution in [3.8, 4) is 0 Å². The van der Waals surface area contributed by atoms with Crippen LogP contribution in [0.3, 0.4) is 0 Å². The van der Waals surface area contributed by atoms with Gasteiger partial charge in [0, 0.05) is 10.4 Å². The molecule has 0 aliphatic carbocycles. The van der Waals surface area contributed by atoms with Crippen LogP contribution in [0.2, 0.25) is 0 Å². The number of aliphatic imine (C=N–C) groups is 1. The monoisotopic (exact) mass is 301 g/mol. The van der Waals surface area contributed by atoms with E-state index in [1.165, 1.54) is 0 Å². The average Bonchev–Trinajstić information content (AvgIpc) is 3.17. The third-order valence-corrected chi connectivity index (χ3v) is 4.09. The maximum atomic E-state index is 12.1. The first-order valence-corrected chi connectivity index (χ1v) is 7.67. The molecule has 2 unspecified atom stereocenters. The van der Waals surface area contributed by atoms with Gasteiger partial charge in [0.15, 0.2) is 12.1 Å². The molecule has 2 heterocycles. The van der Waals surface area contributed by atoms with Gasteiger partial charge in [-0.1, -0.05) is 24.3 Å². The van der Waals surface area contributed by atoms with Crippen LogP contribution in [0.25, 0.3) is 0 Å². The van der Waals surface area contributed by atoms with Gasteiger partial charge in [0.05, 0.1) is 6.61 Å². The normalized spacial score (nSPS) is 20.7. The van der Waals surface area contributed by atoms with Gasteiger partial charge in [-0.05, 0) is 30.5 Å². The highest BCUT2D eigenvalue weighted by Crippen LogP contribution is 2.34. The number of nitrogens with zero attached hydrogens (tertiary/aromatic N) is 1. The number of hydrogen-bond donors (Lipinski definition) is 0. The topological polar surface area (TPSA) is 47.9 Å². The van der Waals surface area contributed by atoms with Crippen molar-refractivity contribution < 1.29 is 14.3 Å². The van der Waals surface area contributed by atoms with E-state index >= 15 is 0 Å². The molecular formula is C16H15NO3S. The molecule has 2 aromatic rings. The zero-order chi connectivity index (χ0) is 14.7. The molecule has 0 saturated heterocycles. The maximum absolute atomic E-state index is 12.1. The molecule has 0 N–H and O–H groups in total. The zero-order valence-electron chi connectivity index (χ0n) is 11.6. The van der Waals surface area contributed by atoms with E-state index in [9.17, 15) is 4.79 Å². The van der Waals surface area contributed by atoms with Crippen LogP contribution in [-0.4, -0.2) is 24.5 Å². The van der Waals surface area contributed by atoms with Crippen molar-refractivity contribution in [2.24, 2.45) is 4.99 Å². The maximum Gasteiger partial charge on any atom is 0.335 e. The second-order valence-electron chi connectivity index (χ2n) is 4.55. The first-order chi connectivity index (χ1) is 10.3. The second-order valence-corrected chi connectivity index (χ2v) is 5.53. The van der Waals surface area contributed by atoms with Crippen molar-refractivity contribution in [3.05, 3.63) is 58.3 Å². The molecule has 2 atom stereocenters. The summed E-state index contributed by atoms with van der Waals surface area (Å²) in [6.45, 7) is 2.12. The van der Waals surface area contributed by atoms with Crippen LogP contribution >= 0.6 is 11.3 Å². The van der Waals surface area contributed by atoms with Crippen molar-refractivity contribution in [1.82, 2.24) is 0 Å². The smallest absolute Gasteiger partial charge is 0.335 e. The number of carbonyl (C=O) groups is 1. The Morgan fingerprint density at radius 1 is 1.29 bits per heavy atom. The summed E-state index contributed by atoms with van der Waals surface area (Å²) in [5, 5.41) is 1.96. The van der Waals surface area contributed by atoms with Crippen molar-refractivity contribution in [3.63, 3.8) is 0 Å². The minimum Gasteiger partial charge on any atom is -0.465 e. The molecule has 3 rings (SSSR count). The van der Waals surface area contributed by atoms with Gasteiger partial charge in [0.25, 0.3) is 0 Å². The third kappa shape index (κ3) is 2.83. The fourth-order valence-corrected chi connectivity index (χ4v) is 2.99. The Labute approximate surface area is 127 Å². The predicted molar refractivity (Wildman–Crippen MR) is 81.5 cm³/mol. The summed E-state index contributed by atoms with van der Waals surface area (Å²) in [5.74, 6) is 0.147. The Balaban J connectivity index is 1.91. The fraction of sp³-hybridized carbons (Fsp3) is 0.250. The largest absolute Gasteiger partial charge is 0.465 e. The van der Waals surface area contributed by atoms with Crippen LogP contribution < -0.4 is 0 Å². The third-order valence-electron chi connectivity index (χ3n) is 3.15. The molecule has 1 aromatic heterocycles. The van der Waals surface area contributed by atoms with E-state index in [2.05, 4.69) is 4.99 Å². The van der Waals surface area contributed by atoms with E-state index in [0.717, 1.165) is 10.4 Å². The predicted octanol–water partition coefficient (Wildman–Crippen LogP) is 3.20. The zero-order valence-corrected chi connectivity index (χ0v) is 12.4. The highest BCUT2D eigenvalue weighted by atomic mass is 32.1. The van der Waals surface area contributed by atoms with Gasteiger partial charge in [0.2, 0.25) is 5.90 Å². The van der Waals surface area contributed by atoms with Gasteiger partial charge in [-0.25, -0.2) is 9.79 Å². The van der Waals surface area contributed by atoms with E-state index in [4.69, 9.17) is 9.47 Å². The molecule has 0 saturated carbocycles. The molecule has 21 heavy (non-hydrogen) atoms. The summed E-state index contributed by atoms with van der Waals surface area (Å²) >= 11 is 1.55. The van der Waals surface area contributed by atoms with Gasteiger partial charge < -0.3 is 9.47 Å². The van der Waals surface area contributed by atoms with Crippen LogP contribution in [0.5, 0.6) is 0 Å². The van der Waals surface area contributed by atoms with Crippen LogP contribution in [0.1, 0.15) is 23.5 Å². The van der Waals surface area contributed by atoms with Gasteiger partial charge in [-0.3, -0.25) is 0 Å². The first kappa shape index (κ1) is 13.8. The number of hydrogen-bond acceptors (Lipinski definition) is 5. The minimum absolute atomic E-state index is 0.336. The molecule has 0 fully saturated rings. The number of rotatable bonds is 4. The Morgan fingerprint density at radius 3 is 2.76 bits per heavy atom. The highest BCUT2D eigenvalue weighted by Gasteiger charge is 2.39. The molecule has 4 nitrogen and oxygen atoms in total. The van der Waals surface area contributed by atoms with Crippen molar-refractivity contribution in [2.75, 3.05) is 6.61 Å². The molecule has 0 spiro atoms. The molecular weight excluding hydrogens is 286 g/mol. The summed E-state index contributed by atoms with van der Waals surface area (Å²) in [5.41, 5.74) is 0.867. The summed E-state index contributed by atoms with van der Waals surface area (Å²) in [6, 6.07) is 12.8. The summed E-state index contributed by atoms with van der Waals surface area (Å²) in [6.07, 6.45) is -0.403. The molecule has 5 heteroatoms. The number of carbonyl (C=O) groups excluding carboxylic acids is 1. The molecule has 0 radical (unpaired) electrons. The van der Waals surface area contributed by atoms with Crippen LogP contribution in [0.4, 0.5) is 0 Å². The Bertz CT molecular complexity index is 637. The summed E-state index contributed by atoms with van der Waals surface area (Å²) < 4.78 is 11.0. The quantitative estimate of drug-likeness (QED) is 0.815. The standard InChI is InChI=1S/C16H15NO3S/c1-2-19-16(18)13-14(12-9-6-10-21-12)20-15(17-13)11-7-4-3-5-8-11/h3-10,13-14H,2H2,1H3. The van der Waals surface area contributed by atoms with E-state index in [0.29, 0.717) is 12.5 Å². The Morgan fingerprint density at radius 2 is 2.10 bits per heavy atom. The van der Waals surface area contributed by atoms with Gasteiger partial charge in [0.1, 0.15) is 0 Å². The van der Waals surface area contributed by atoms with Crippen molar-refractivity contribution >= 4 is 23.2 Å². The molecule has 0 amide bonds. The van der Waals surface area contributed by atoms with E-state index in [1.54, 1.807) is 18.3 Å². The van der Waals surface area contributed by atoms with Gasteiger partial charge in [-0.15, -0.1) is 11.3 Å². The number of benzene rings is 1.